The molecule has 1 unspecified atom stereocenters. The summed E-state index contributed by atoms with van der Waals surface area (Å²) in [7, 11) is 0. The first kappa shape index (κ1) is 21.0. The molecule has 0 aliphatic carbocycles. The van der Waals surface area contributed by atoms with Gasteiger partial charge in [-0.25, -0.2) is 4.98 Å². The van der Waals surface area contributed by atoms with Crippen molar-refractivity contribution in [3.8, 4) is 10.6 Å². The van der Waals surface area contributed by atoms with Crippen LogP contribution in [0.2, 0.25) is 10.0 Å². The Labute approximate surface area is 194 Å². The maximum absolute atomic E-state index is 13.2. The number of benzene rings is 1. The van der Waals surface area contributed by atoms with E-state index in [1.807, 2.05) is 6.92 Å². The Balaban J connectivity index is 1.62. The van der Waals surface area contributed by atoms with Crippen molar-refractivity contribution in [1.29, 1.82) is 0 Å². The third-order valence-corrected chi connectivity index (χ3v) is 6.34. The number of hydrazine groups is 1. The third-order valence-electron chi connectivity index (χ3n) is 4.24. The first-order chi connectivity index (χ1) is 14.3. The molecule has 1 atom stereocenters. The van der Waals surface area contributed by atoms with Gasteiger partial charge >= 0.3 is 0 Å². The second kappa shape index (κ2) is 8.12. The minimum absolute atomic E-state index is 0.320. The number of nitrogens with zero attached hydrogens (tertiary/aromatic N) is 4. The zero-order valence-corrected chi connectivity index (χ0v) is 19.3. The number of carbonyl (C=O) groups is 1. The highest BCUT2D eigenvalue weighted by atomic mass is 79.9. The fourth-order valence-corrected chi connectivity index (χ4v) is 4.38. The number of amides is 1. The van der Waals surface area contributed by atoms with Crippen LogP contribution < -0.4 is 21.5 Å². The standard InChI is InChI=1S/C18H14BrCl2N7OS/c1-9-7-10(20)8-11(15-25-26-17(22)30-15)13(9)24-16(29)18(19)4-6-28(27-18)14-12(21)3-2-5-23-14/h2-8,27H,1H3,(H2,22,26)(H,24,29). The lowest BCUT2D eigenvalue weighted by Crippen LogP contribution is -2.50. The molecule has 0 fully saturated rings. The van der Waals surface area contributed by atoms with Crippen molar-refractivity contribution >= 4 is 73.0 Å². The number of aryl methyl sites for hydroxylation is 1. The highest BCUT2D eigenvalue weighted by Crippen LogP contribution is 2.37. The van der Waals surface area contributed by atoms with Crippen molar-refractivity contribution in [2.24, 2.45) is 0 Å². The molecule has 1 amide bonds. The summed E-state index contributed by atoms with van der Waals surface area (Å²) < 4.78 is -1.22. The van der Waals surface area contributed by atoms with E-state index in [2.05, 4.69) is 41.9 Å². The van der Waals surface area contributed by atoms with Gasteiger partial charge in [0.1, 0.15) is 0 Å². The summed E-state index contributed by atoms with van der Waals surface area (Å²) >= 11 is 17.1. The molecule has 1 aliphatic rings. The Morgan fingerprint density at radius 3 is 2.87 bits per heavy atom. The Morgan fingerprint density at radius 1 is 1.37 bits per heavy atom. The molecule has 0 bridgehead atoms. The predicted octanol–water partition coefficient (Wildman–Crippen LogP) is 4.37. The largest absolute Gasteiger partial charge is 0.374 e. The van der Waals surface area contributed by atoms with Gasteiger partial charge in [0.15, 0.2) is 15.3 Å². The molecule has 3 aromatic rings. The number of carbonyl (C=O) groups excluding carboxylic acids is 1. The van der Waals surface area contributed by atoms with E-state index >= 15 is 0 Å². The average Bonchev–Trinajstić information content (AvgIpc) is 3.31. The first-order valence-electron chi connectivity index (χ1n) is 8.53. The summed E-state index contributed by atoms with van der Waals surface area (Å²) in [4.78, 5) is 17.4. The van der Waals surface area contributed by atoms with Crippen LogP contribution >= 0.6 is 50.5 Å². The number of anilines is 3. The zero-order chi connectivity index (χ0) is 21.5. The van der Waals surface area contributed by atoms with Crippen molar-refractivity contribution in [2.75, 3.05) is 16.1 Å². The fraction of sp³-hybridized carbons (Fsp3) is 0.111. The maximum Gasteiger partial charge on any atom is 0.261 e. The van der Waals surface area contributed by atoms with E-state index in [0.717, 1.165) is 5.56 Å². The number of aromatic nitrogens is 3. The van der Waals surface area contributed by atoms with Gasteiger partial charge in [0.05, 0.1) is 10.7 Å². The summed E-state index contributed by atoms with van der Waals surface area (Å²) in [5.41, 5.74) is 10.7. The van der Waals surface area contributed by atoms with E-state index in [9.17, 15) is 4.79 Å². The number of hydrogen-bond acceptors (Lipinski definition) is 8. The van der Waals surface area contributed by atoms with Crippen LogP contribution in [0.5, 0.6) is 0 Å². The van der Waals surface area contributed by atoms with Gasteiger partial charge in [-0.15, -0.1) is 10.2 Å². The van der Waals surface area contributed by atoms with Crippen LogP contribution in [-0.2, 0) is 4.79 Å². The van der Waals surface area contributed by atoms with Gasteiger partial charge in [-0.2, -0.15) is 5.43 Å². The number of pyridine rings is 1. The molecular formula is C18H14BrCl2N7OS. The highest BCUT2D eigenvalue weighted by molar-refractivity contribution is 9.10. The van der Waals surface area contributed by atoms with Gasteiger partial charge in [-0.05, 0) is 42.8 Å². The van der Waals surface area contributed by atoms with E-state index in [1.54, 1.807) is 47.7 Å². The van der Waals surface area contributed by atoms with Crippen molar-refractivity contribution < 1.29 is 4.79 Å². The van der Waals surface area contributed by atoms with E-state index in [1.165, 1.54) is 11.3 Å². The van der Waals surface area contributed by atoms with E-state index in [-0.39, 0.29) is 5.91 Å². The number of nitrogens with one attached hydrogen (secondary N) is 2. The molecular weight excluding hydrogens is 513 g/mol. The highest BCUT2D eigenvalue weighted by Gasteiger charge is 2.39. The molecule has 0 spiro atoms. The lowest BCUT2D eigenvalue weighted by atomic mass is 10.1. The molecule has 3 heterocycles. The lowest BCUT2D eigenvalue weighted by Gasteiger charge is -2.25. The summed E-state index contributed by atoms with van der Waals surface area (Å²) in [5, 5.41) is 14.3. The summed E-state index contributed by atoms with van der Waals surface area (Å²) in [6, 6.07) is 6.91. The number of rotatable bonds is 4. The summed E-state index contributed by atoms with van der Waals surface area (Å²) in [6.07, 6.45) is 4.94. The van der Waals surface area contributed by atoms with Crippen LogP contribution in [0, 0.1) is 6.92 Å². The molecule has 12 heteroatoms. The van der Waals surface area contributed by atoms with Crippen LogP contribution in [0.1, 0.15) is 5.56 Å². The molecule has 4 N–H and O–H groups in total. The van der Waals surface area contributed by atoms with Crippen molar-refractivity contribution in [3.63, 3.8) is 0 Å². The normalized spacial score (nSPS) is 18.1. The van der Waals surface area contributed by atoms with Crippen LogP contribution in [0.25, 0.3) is 10.6 Å². The minimum atomic E-state index is -1.22. The van der Waals surface area contributed by atoms with Crippen molar-refractivity contribution in [3.05, 3.63) is 58.3 Å². The van der Waals surface area contributed by atoms with Crippen molar-refractivity contribution in [2.45, 2.75) is 11.4 Å². The molecule has 1 aliphatic heterocycles. The number of nitrogens with two attached hydrogens (primary N) is 1. The van der Waals surface area contributed by atoms with Gasteiger partial charge in [-0.3, -0.25) is 9.80 Å². The van der Waals surface area contributed by atoms with Gasteiger partial charge in [0.2, 0.25) is 5.13 Å². The van der Waals surface area contributed by atoms with Gasteiger partial charge < -0.3 is 11.1 Å². The molecule has 4 rings (SSSR count). The van der Waals surface area contributed by atoms with Gasteiger partial charge in [-0.1, -0.05) is 50.5 Å². The zero-order valence-electron chi connectivity index (χ0n) is 15.4. The smallest absolute Gasteiger partial charge is 0.261 e. The van der Waals surface area contributed by atoms with Crippen LogP contribution in [-0.4, -0.2) is 25.5 Å². The Bertz CT molecular complexity index is 1170. The van der Waals surface area contributed by atoms with E-state index < -0.39 is 4.45 Å². The van der Waals surface area contributed by atoms with Crippen LogP contribution in [0.15, 0.2) is 42.7 Å². The predicted molar refractivity (Wildman–Crippen MR) is 124 cm³/mol. The molecule has 154 valence electrons. The van der Waals surface area contributed by atoms with Gasteiger partial charge in [0, 0.05) is 23.0 Å². The minimum Gasteiger partial charge on any atom is -0.374 e. The SMILES string of the molecule is Cc1cc(Cl)cc(-c2nnc(N)s2)c1NC(=O)C1(Br)C=CN(c2ncccc2Cl)N1. The molecule has 8 nitrogen and oxygen atoms in total. The Morgan fingerprint density at radius 2 is 2.17 bits per heavy atom. The maximum atomic E-state index is 13.2. The topological polar surface area (TPSA) is 109 Å². The Hall–Kier alpha value is -2.24. The number of alkyl halides is 1. The molecule has 2 aromatic heterocycles. The average molecular weight is 527 g/mol. The second-order valence-corrected chi connectivity index (χ2v) is 9.47. The van der Waals surface area contributed by atoms with Crippen molar-refractivity contribution in [1.82, 2.24) is 20.6 Å². The fourth-order valence-electron chi connectivity index (χ4n) is 2.86. The number of halogens is 3. The van der Waals surface area contributed by atoms with E-state index in [0.29, 0.717) is 37.3 Å². The summed E-state index contributed by atoms with van der Waals surface area (Å²) in [5.74, 6) is 0.106. The van der Waals surface area contributed by atoms with Crippen LogP contribution in [0.4, 0.5) is 16.6 Å². The third kappa shape index (κ3) is 4.01. The number of hydrogen-bond donors (Lipinski definition) is 3. The number of nitrogen functional groups attached to an aromatic ring is 1. The monoisotopic (exact) mass is 525 g/mol. The molecule has 0 saturated heterocycles. The molecule has 30 heavy (non-hydrogen) atoms. The molecule has 0 radical (unpaired) electrons. The first-order valence-corrected chi connectivity index (χ1v) is 10.9. The molecule has 1 aromatic carbocycles. The summed E-state index contributed by atoms with van der Waals surface area (Å²) in [6.45, 7) is 1.84. The lowest BCUT2D eigenvalue weighted by molar-refractivity contribution is -0.117. The Kier molecular flexibility index (Phi) is 5.69. The molecule has 0 saturated carbocycles. The van der Waals surface area contributed by atoms with Gasteiger partial charge in [0.25, 0.3) is 5.91 Å². The second-order valence-electron chi connectivity index (χ2n) is 6.36. The van der Waals surface area contributed by atoms with E-state index in [4.69, 9.17) is 28.9 Å². The van der Waals surface area contributed by atoms with Crippen LogP contribution in [0.3, 0.4) is 0 Å². The quantitative estimate of drug-likeness (QED) is 0.342.